The van der Waals surface area contributed by atoms with E-state index in [-0.39, 0.29) is 0 Å². The van der Waals surface area contributed by atoms with E-state index < -0.39 is 0 Å². The first kappa shape index (κ1) is 24.3. The predicted molar refractivity (Wildman–Crippen MR) is 182 cm³/mol. The second-order valence-corrected chi connectivity index (χ2v) is 11.3. The second kappa shape index (κ2) is 9.15. The van der Waals surface area contributed by atoms with Gasteiger partial charge in [-0.15, -0.1) is 0 Å². The van der Waals surface area contributed by atoms with Crippen LogP contribution in [-0.4, -0.2) is 14.5 Å². The lowest BCUT2D eigenvalue weighted by Gasteiger charge is -2.15. The molecule has 210 valence electrons. The van der Waals surface area contributed by atoms with E-state index >= 15 is 0 Å². The first-order valence-electron chi connectivity index (χ1n) is 15.0. The minimum absolute atomic E-state index is 0.657. The van der Waals surface area contributed by atoms with Gasteiger partial charge >= 0.3 is 0 Å². The van der Waals surface area contributed by atoms with E-state index in [1.165, 1.54) is 10.8 Å². The Morgan fingerprint density at radius 3 is 2.04 bits per heavy atom. The summed E-state index contributed by atoms with van der Waals surface area (Å²) in [6.07, 6.45) is 0. The Morgan fingerprint density at radius 1 is 0.489 bits per heavy atom. The Balaban J connectivity index is 1.37. The largest absolute Gasteiger partial charge is 0.456 e. The summed E-state index contributed by atoms with van der Waals surface area (Å²) in [4.78, 5) is 10.3. The summed E-state index contributed by atoms with van der Waals surface area (Å²) in [5, 5.41) is 5.50. The molecule has 0 fully saturated rings. The van der Waals surface area contributed by atoms with Gasteiger partial charge in [0, 0.05) is 32.7 Å². The number of rotatable bonds is 3. The fourth-order valence-corrected chi connectivity index (χ4v) is 6.87. The fourth-order valence-electron chi connectivity index (χ4n) is 6.87. The molecule has 0 aliphatic carbocycles. The quantitative estimate of drug-likeness (QED) is 0.210. The molecule has 0 aliphatic rings. The summed E-state index contributed by atoms with van der Waals surface area (Å²) in [6, 6.07) is 47.8. The summed E-state index contributed by atoms with van der Waals surface area (Å²) in [5.41, 5.74) is 9.85. The third-order valence-electron chi connectivity index (χ3n) is 8.83. The van der Waals surface area contributed by atoms with E-state index in [4.69, 9.17) is 18.8 Å². The van der Waals surface area contributed by atoms with Gasteiger partial charge in [0.15, 0.2) is 11.4 Å². The normalized spacial score (nSPS) is 12.0. The third-order valence-corrected chi connectivity index (χ3v) is 8.83. The number of para-hydroxylation sites is 4. The molecule has 0 bridgehead atoms. The van der Waals surface area contributed by atoms with Crippen molar-refractivity contribution in [3.05, 3.63) is 140 Å². The molecule has 0 radical (unpaired) electrons. The number of fused-ring (bicyclic) bond motifs is 10. The standard InChI is InChI=1S/C40H23N3O2/c1-2-12-24(13-3-1)40-41-36(39-37(42-40)29-17-7-11-21-33(29)45-39)27-15-5-9-19-31(27)43-30-18-8-4-14-25(30)26-22-23-34-35(38(26)43)28-16-6-10-20-32(28)44-34/h1-23H. The maximum atomic E-state index is 6.54. The lowest BCUT2D eigenvalue weighted by molar-refractivity contribution is 0.667. The summed E-state index contributed by atoms with van der Waals surface area (Å²) < 4.78 is 15.3. The van der Waals surface area contributed by atoms with Crippen LogP contribution in [0.1, 0.15) is 0 Å². The average Bonchev–Trinajstić information content (AvgIpc) is 3.78. The lowest BCUT2D eigenvalue weighted by Crippen LogP contribution is -2.00. The molecule has 0 spiro atoms. The van der Waals surface area contributed by atoms with E-state index in [1.807, 2.05) is 60.7 Å². The third kappa shape index (κ3) is 3.43. The summed E-state index contributed by atoms with van der Waals surface area (Å²) in [5.74, 6) is 0.657. The predicted octanol–water partition coefficient (Wildman–Crippen LogP) is 10.7. The number of hydrogen-bond acceptors (Lipinski definition) is 4. The van der Waals surface area contributed by atoms with Crippen molar-refractivity contribution < 1.29 is 8.83 Å². The highest BCUT2D eigenvalue weighted by atomic mass is 16.3. The van der Waals surface area contributed by atoms with Crippen molar-refractivity contribution in [1.82, 2.24) is 14.5 Å². The Labute approximate surface area is 256 Å². The van der Waals surface area contributed by atoms with Crippen LogP contribution in [0.3, 0.4) is 0 Å². The molecular weight excluding hydrogens is 554 g/mol. The van der Waals surface area contributed by atoms with Crippen molar-refractivity contribution in [2.45, 2.75) is 0 Å². The maximum absolute atomic E-state index is 6.54. The highest BCUT2D eigenvalue weighted by Crippen LogP contribution is 2.43. The lowest BCUT2D eigenvalue weighted by atomic mass is 10.1. The van der Waals surface area contributed by atoms with Gasteiger partial charge in [-0.1, -0.05) is 97.1 Å². The van der Waals surface area contributed by atoms with Crippen LogP contribution in [0.5, 0.6) is 0 Å². The molecule has 10 rings (SSSR count). The maximum Gasteiger partial charge on any atom is 0.180 e. The summed E-state index contributed by atoms with van der Waals surface area (Å²) in [6.45, 7) is 0. The zero-order valence-electron chi connectivity index (χ0n) is 23.9. The molecular formula is C40H23N3O2. The van der Waals surface area contributed by atoms with Crippen molar-refractivity contribution in [1.29, 1.82) is 0 Å². The van der Waals surface area contributed by atoms with Crippen LogP contribution in [0.15, 0.2) is 148 Å². The Morgan fingerprint density at radius 2 is 1.18 bits per heavy atom. The van der Waals surface area contributed by atoms with Gasteiger partial charge in [0.25, 0.3) is 0 Å². The van der Waals surface area contributed by atoms with Crippen molar-refractivity contribution in [2.24, 2.45) is 0 Å². The summed E-state index contributed by atoms with van der Waals surface area (Å²) >= 11 is 0. The molecule has 5 heteroatoms. The first-order valence-corrected chi connectivity index (χ1v) is 15.0. The molecule has 0 unspecified atom stereocenters. The molecule has 0 aliphatic heterocycles. The van der Waals surface area contributed by atoms with E-state index in [2.05, 4.69) is 83.4 Å². The highest BCUT2D eigenvalue weighted by molar-refractivity contribution is 6.24. The Kier molecular flexibility index (Phi) is 4.93. The number of furan rings is 2. The van der Waals surface area contributed by atoms with E-state index in [0.717, 1.165) is 72.0 Å². The fraction of sp³-hybridized carbons (Fsp3) is 0. The monoisotopic (exact) mass is 577 g/mol. The van der Waals surface area contributed by atoms with Crippen LogP contribution in [0.4, 0.5) is 0 Å². The first-order chi connectivity index (χ1) is 22.3. The van der Waals surface area contributed by atoms with Gasteiger partial charge in [-0.25, -0.2) is 9.97 Å². The van der Waals surface area contributed by atoms with E-state index in [1.54, 1.807) is 0 Å². The minimum Gasteiger partial charge on any atom is -0.456 e. The highest BCUT2D eigenvalue weighted by Gasteiger charge is 2.24. The number of hydrogen-bond donors (Lipinski definition) is 0. The topological polar surface area (TPSA) is 57.0 Å². The average molecular weight is 578 g/mol. The molecule has 0 N–H and O–H groups in total. The molecule has 0 atom stereocenters. The van der Waals surface area contributed by atoms with Crippen molar-refractivity contribution >= 4 is 65.8 Å². The SMILES string of the molecule is c1ccc(-c2nc(-c3ccccc3-n3c4ccccc4c4ccc5oc6ccccc6c5c43)c3oc4ccccc4c3n2)cc1. The molecule has 6 aromatic carbocycles. The smallest absolute Gasteiger partial charge is 0.180 e. The van der Waals surface area contributed by atoms with E-state index in [0.29, 0.717) is 11.4 Å². The Bertz CT molecular complexity index is 2770. The molecule has 5 nitrogen and oxygen atoms in total. The molecule has 0 saturated heterocycles. The number of benzene rings is 6. The van der Waals surface area contributed by atoms with Crippen LogP contribution in [0.25, 0.3) is 94.1 Å². The van der Waals surface area contributed by atoms with Gasteiger partial charge in [-0.2, -0.15) is 0 Å². The van der Waals surface area contributed by atoms with Crippen LogP contribution in [0.2, 0.25) is 0 Å². The Hall–Kier alpha value is -6.20. The zero-order chi connectivity index (χ0) is 29.5. The van der Waals surface area contributed by atoms with Crippen LogP contribution >= 0.6 is 0 Å². The van der Waals surface area contributed by atoms with Crippen LogP contribution in [-0.2, 0) is 0 Å². The van der Waals surface area contributed by atoms with Gasteiger partial charge in [-0.3, -0.25) is 0 Å². The van der Waals surface area contributed by atoms with Crippen molar-refractivity contribution in [3.8, 4) is 28.3 Å². The van der Waals surface area contributed by atoms with Crippen molar-refractivity contribution in [2.75, 3.05) is 0 Å². The summed E-state index contributed by atoms with van der Waals surface area (Å²) in [7, 11) is 0. The van der Waals surface area contributed by atoms with Crippen LogP contribution < -0.4 is 0 Å². The minimum atomic E-state index is 0.657. The van der Waals surface area contributed by atoms with E-state index in [9.17, 15) is 0 Å². The van der Waals surface area contributed by atoms with Crippen molar-refractivity contribution in [3.63, 3.8) is 0 Å². The van der Waals surface area contributed by atoms with Gasteiger partial charge < -0.3 is 13.4 Å². The van der Waals surface area contributed by atoms with Gasteiger partial charge in [0.2, 0.25) is 0 Å². The number of aromatic nitrogens is 3. The van der Waals surface area contributed by atoms with Gasteiger partial charge in [0.05, 0.1) is 22.1 Å². The van der Waals surface area contributed by atoms with Gasteiger partial charge in [0.1, 0.15) is 28.0 Å². The molecule has 0 amide bonds. The van der Waals surface area contributed by atoms with Gasteiger partial charge in [-0.05, 0) is 42.5 Å². The molecule has 0 saturated carbocycles. The zero-order valence-corrected chi connectivity index (χ0v) is 23.9. The second-order valence-electron chi connectivity index (χ2n) is 11.3. The molecule has 10 aromatic rings. The molecule has 4 aromatic heterocycles. The number of nitrogens with zero attached hydrogens (tertiary/aromatic N) is 3. The molecule has 4 heterocycles. The molecule has 45 heavy (non-hydrogen) atoms. The van der Waals surface area contributed by atoms with Crippen LogP contribution in [0, 0.1) is 0 Å².